The van der Waals surface area contributed by atoms with E-state index < -0.39 is 6.04 Å². The summed E-state index contributed by atoms with van der Waals surface area (Å²) in [4.78, 5) is 28.8. The molecule has 2 heterocycles. The lowest BCUT2D eigenvalue weighted by Gasteiger charge is -2.42. The highest BCUT2D eigenvalue weighted by Gasteiger charge is 2.45. The first kappa shape index (κ1) is 16.0. The van der Waals surface area contributed by atoms with Crippen LogP contribution in [-0.2, 0) is 4.79 Å². The highest BCUT2D eigenvalue weighted by atomic mass is 16.2. The molecule has 3 atom stereocenters. The first-order valence-electron chi connectivity index (χ1n) is 8.39. The zero-order chi connectivity index (χ0) is 16.6. The van der Waals surface area contributed by atoms with Gasteiger partial charge in [-0.3, -0.25) is 9.59 Å². The second-order valence-corrected chi connectivity index (χ2v) is 6.83. The molecule has 2 N–H and O–H groups in total. The van der Waals surface area contributed by atoms with Crippen LogP contribution in [0.3, 0.4) is 0 Å². The zero-order valence-corrected chi connectivity index (χ0v) is 13.8. The maximum absolute atomic E-state index is 12.6. The van der Waals surface area contributed by atoms with Crippen LogP contribution in [0.25, 0.3) is 0 Å². The molecule has 2 saturated heterocycles. The van der Waals surface area contributed by atoms with Crippen molar-refractivity contribution in [1.29, 1.82) is 0 Å². The molecule has 0 radical (unpaired) electrons. The van der Waals surface area contributed by atoms with Crippen molar-refractivity contribution in [2.45, 2.75) is 56.8 Å². The molecule has 3 rings (SSSR count). The number of nitrogens with two attached hydrogens (primary N) is 1. The summed E-state index contributed by atoms with van der Waals surface area (Å²) in [5.74, 6) is 0.106. The fraction of sp³-hybridized carbons (Fsp3) is 0.556. The van der Waals surface area contributed by atoms with Crippen LogP contribution in [0.4, 0.5) is 0 Å². The molecule has 0 saturated carbocycles. The standard InChI is InChI=1S/C18H25N3O2/c1-12(19)17(22)21-14-8-9-15(21)11-16(10-14)20(2)18(23)13-6-4-3-5-7-13/h3-7,12,14-16H,8-11,19H2,1-2H3/t12-,14?,15?,16?/m1/s1. The van der Waals surface area contributed by atoms with Gasteiger partial charge in [0.1, 0.15) is 0 Å². The molecule has 1 aromatic rings. The predicted molar refractivity (Wildman–Crippen MR) is 88.9 cm³/mol. The molecule has 124 valence electrons. The Bertz CT molecular complexity index is 573. The van der Waals surface area contributed by atoms with Gasteiger partial charge in [0.2, 0.25) is 5.91 Å². The van der Waals surface area contributed by atoms with E-state index in [2.05, 4.69) is 0 Å². The van der Waals surface area contributed by atoms with Gasteiger partial charge in [-0.05, 0) is 44.7 Å². The summed E-state index contributed by atoms with van der Waals surface area (Å²) in [7, 11) is 1.88. The van der Waals surface area contributed by atoms with E-state index in [1.165, 1.54) is 0 Å². The third kappa shape index (κ3) is 2.98. The Kier molecular flexibility index (Phi) is 4.39. The monoisotopic (exact) mass is 315 g/mol. The van der Waals surface area contributed by atoms with Crippen LogP contribution in [0.1, 0.15) is 43.0 Å². The van der Waals surface area contributed by atoms with Crippen molar-refractivity contribution in [3.63, 3.8) is 0 Å². The number of hydrogen-bond acceptors (Lipinski definition) is 3. The number of rotatable bonds is 3. The van der Waals surface area contributed by atoms with Gasteiger partial charge >= 0.3 is 0 Å². The van der Waals surface area contributed by atoms with Crippen molar-refractivity contribution in [2.24, 2.45) is 5.73 Å². The lowest BCUT2D eigenvalue weighted by Crippen LogP contribution is -2.55. The highest BCUT2D eigenvalue weighted by molar-refractivity contribution is 5.94. The van der Waals surface area contributed by atoms with E-state index in [9.17, 15) is 9.59 Å². The second kappa shape index (κ2) is 6.32. The minimum atomic E-state index is -0.446. The van der Waals surface area contributed by atoms with Crippen LogP contribution in [-0.4, -0.2) is 52.8 Å². The van der Waals surface area contributed by atoms with E-state index in [0.717, 1.165) is 31.2 Å². The lowest BCUT2D eigenvalue weighted by atomic mass is 9.95. The summed E-state index contributed by atoms with van der Waals surface area (Å²) in [6, 6.07) is 9.57. The summed E-state index contributed by atoms with van der Waals surface area (Å²) in [6.45, 7) is 1.75. The predicted octanol–water partition coefficient (Wildman–Crippen LogP) is 1.63. The Morgan fingerprint density at radius 1 is 1.17 bits per heavy atom. The minimum Gasteiger partial charge on any atom is -0.339 e. The summed E-state index contributed by atoms with van der Waals surface area (Å²) < 4.78 is 0. The van der Waals surface area contributed by atoms with Gasteiger partial charge in [-0.25, -0.2) is 0 Å². The number of piperidine rings is 1. The van der Waals surface area contributed by atoms with E-state index in [4.69, 9.17) is 5.73 Å². The van der Waals surface area contributed by atoms with E-state index in [1.54, 1.807) is 6.92 Å². The number of carbonyl (C=O) groups is 2. The van der Waals surface area contributed by atoms with Gasteiger partial charge in [-0.15, -0.1) is 0 Å². The molecule has 2 aliphatic rings. The van der Waals surface area contributed by atoms with Gasteiger partial charge in [0, 0.05) is 30.7 Å². The maximum Gasteiger partial charge on any atom is 0.253 e. The van der Waals surface area contributed by atoms with Crippen LogP contribution in [0.5, 0.6) is 0 Å². The molecule has 2 bridgehead atoms. The average Bonchev–Trinajstić information content (AvgIpc) is 2.82. The molecule has 0 aliphatic carbocycles. The number of amides is 2. The van der Waals surface area contributed by atoms with Gasteiger partial charge in [-0.2, -0.15) is 0 Å². The van der Waals surface area contributed by atoms with Crippen molar-refractivity contribution >= 4 is 11.8 Å². The summed E-state index contributed by atoms with van der Waals surface area (Å²) >= 11 is 0. The average molecular weight is 315 g/mol. The summed E-state index contributed by atoms with van der Waals surface area (Å²) in [6.07, 6.45) is 3.74. The lowest BCUT2D eigenvalue weighted by molar-refractivity contribution is -0.137. The van der Waals surface area contributed by atoms with Crippen LogP contribution >= 0.6 is 0 Å². The molecular weight excluding hydrogens is 290 g/mol. The molecule has 1 aromatic carbocycles. The normalized spacial score (nSPS) is 27.6. The van der Waals surface area contributed by atoms with Crippen molar-refractivity contribution in [2.75, 3.05) is 7.05 Å². The summed E-state index contributed by atoms with van der Waals surface area (Å²) in [5, 5.41) is 0. The van der Waals surface area contributed by atoms with Crippen molar-refractivity contribution < 1.29 is 9.59 Å². The topological polar surface area (TPSA) is 66.6 Å². The number of fused-ring (bicyclic) bond motifs is 2. The van der Waals surface area contributed by atoms with E-state index in [0.29, 0.717) is 0 Å². The van der Waals surface area contributed by atoms with Gasteiger partial charge in [0.15, 0.2) is 0 Å². The molecule has 23 heavy (non-hydrogen) atoms. The largest absolute Gasteiger partial charge is 0.339 e. The molecule has 2 amide bonds. The maximum atomic E-state index is 12.6. The Balaban J connectivity index is 1.70. The van der Waals surface area contributed by atoms with Crippen molar-refractivity contribution in [3.8, 4) is 0 Å². The SMILES string of the molecule is C[C@@H](N)C(=O)N1C2CCC1CC(N(C)C(=O)c1ccccc1)C2. The zero-order valence-electron chi connectivity index (χ0n) is 13.8. The molecule has 2 unspecified atom stereocenters. The number of carbonyl (C=O) groups excluding carboxylic acids is 2. The van der Waals surface area contributed by atoms with Crippen LogP contribution in [0.2, 0.25) is 0 Å². The molecule has 2 fully saturated rings. The number of nitrogens with zero attached hydrogens (tertiary/aromatic N) is 2. The Labute approximate surface area is 137 Å². The van der Waals surface area contributed by atoms with Crippen LogP contribution in [0, 0.1) is 0 Å². The van der Waals surface area contributed by atoms with Gasteiger partial charge < -0.3 is 15.5 Å². The fourth-order valence-electron chi connectivity index (χ4n) is 4.01. The molecule has 5 heteroatoms. The molecule has 2 aliphatic heterocycles. The third-order valence-corrected chi connectivity index (χ3v) is 5.24. The smallest absolute Gasteiger partial charge is 0.253 e. The van der Waals surface area contributed by atoms with E-state index in [-0.39, 0.29) is 29.9 Å². The first-order chi connectivity index (χ1) is 11.0. The van der Waals surface area contributed by atoms with Gasteiger partial charge in [0.25, 0.3) is 5.91 Å². The quantitative estimate of drug-likeness (QED) is 0.922. The number of hydrogen-bond donors (Lipinski definition) is 1. The molecule has 0 aromatic heterocycles. The van der Waals surface area contributed by atoms with E-state index >= 15 is 0 Å². The van der Waals surface area contributed by atoms with Crippen molar-refractivity contribution in [1.82, 2.24) is 9.80 Å². The fourth-order valence-corrected chi connectivity index (χ4v) is 4.01. The highest BCUT2D eigenvalue weighted by Crippen LogP contribution is 2.37. The van der Waals surface area contributed by atoms with Crippen molar-refractivity contribution in [3.05, 3.63) is 35.9 Å². The molecule has 0 spiro atoms. The van der Waals surface area contributed by atoms with Crippen LogP contribution in [0.15, 0.2) is 30.3 Å². The second-order valence-electron chi connectivity index (χ2n) is 6.83. The van der Waals surface area contributed by atoms with E-state index in [1.807, 2.05) is 47.2 Å². The number of benzene rings is 1. The molecular formula is C18H25N3O2. The Morgan fingerprint density at radius 2 is 1.74 bits per heavy atom. The Morgan fingerprint density at radius 3 is 2.26 bits per heavy atom. The van der Waals surface area contributed by atoms with Crippen LogP contribution < -0.4 is 5.73 Å². The molecule has 5 nitrogen and oxygen atoms in total. The third-order valence-electron chi connectivity index (χ3n) is 5.24. The first-order valence-corrected chi connectivity index (χ1v) is 8.39. The van der Waals surface area contributed by atoms with Gasteiger partial charge in [-0.1, -0.05) is 18.2 Å². The minimum absolute atomic E-state index is 0.0491. The Hall–Kier alpha value is -1.88. The van der Waals surface area contributed by atoms with Gasteiger partial charge in [0.05, 0.1) is 6.04 Å². The summed E-state index contributed by atoms with van der Waals surface area (Å²) in [5.41, 5.74) is 6.50.